The lowest BCUT2D eigenvalue weighted by Gasteiger charge is -2.33. The fourth-order valence-electron chi connectivity index (χ4n) is 3.59. The second kappa shape index (κ2) is 6.72. The van der Waals surface area contributed by atoms with E-state index in [1.165, 1.54) is 5.56 Å². The van der Waals surface area contributed by atoms with Gasteiger partial charge in [0.1, 0.15) is 5.75 Å². The summed E-state index contributed by atoms with van der Waals surface area (Å²) >= 11 is 6.07. The molecule has 132 valence electrons. The summed E-state index contributed by atoms with van der Waals surface area (Å²) in [5.74, 6) is -0.154. The van der Waals surface area contributed by atoms with Gasteiger partial charge in [0.15, 0.2) is 0 Å². The monoisotopic (exact) mass is 358 g/mol. The highest BCUT2D eigenvalue weighted by molar-refractivity contribution is 6.30. The van der Waals surface area contributed by atoms with E-state index in [0.29, 0.717) is 16.7 Å². The van der Waals surface area contributed by atoms with E-state index in [1.807, 2.05) is 42.5 Å². The minimum Gasteiger partial charge on any atom is -0.478 e. The van der Waals surface area contributed by atoms with Gasteiger partial charge < -0.3 is 9.84 Å². The lowest BCUT2D eigenvalue weighted by molar-refractivity contribution is -0.155. The molecule has 1 aliphatic carbocycles. The molecule has 4 heteroatoms. The topological polar surface area (TPSA) is 46.5 Å². The zero-order valence-electron chi connectivity index (χ0n) is 14.8. The van der Waals surface area contributed by atoms with Gasteiger partial charge in [0, 0.05) is 10.9 Å². The number of fused-ring (bicyclic) bond motifs is 1. The molecule has 2 atom stereocenters. The number of ether oxygens (including phenoxy) is 1. The third kappa shape index (κ3) is 3.38. The van der Waals surface area contributed by atoms with Crippen LogP contribution in [0, 0.1) is 0 Å². The first-order chi connectivity index (χ1) is 11.8. The molecule has 0 heterocycles. The van der Waals surface area contributed by atoms with Gasteiger partial charge in [-0.2, -0.15) is 0 Å². The second-order valence-corrected chi connectivity index (χ2v) is 7.61. The van der Waals surface area contributed by atoms with Crippen molar-refractivity contribution in [3.05, 3.63) is 64.2 Å². The van der Waals surface area contributed by atoms with Gasteiger partial charge >= 0.3 is 5.97 Å². The molecule has 0 fully saturated rings. The molecule has 1 aliphatic rings. The summed E-state index contributed by atoms with van der Waals surface area (Å²) in [7, 11) is 0. The molecule has 3 rings (SSSR count). The first-order valence-electron chi connectivity index (χ1n) is 8.62. The van der Waals surface area contributed by atoms with Crippen molar-refractivity contribution in [1.82, 2.24) is 0 Å². The number of rotatable bonds is 5. The molecule has 0 aromatic heterocycles. The number of benzene rings is 2. The van der Waals surface area contributed by atoms with E-state index in [1.54, 1.807) is 6.92 Å². The Labute approximate surface area is 153 Å². The van der Waals surface area contributed by atoms with E-state index in [4.69, 9.17) is 16.3 Å². The summed E-state index contributed by atoms with van der Waals surface area (Å²) < 4.78 is 6.04. The highest BCUT2D eigenvalue weighted by atomic mass is 35.5. The molecular formula is C21H23ClO3. The van der Waals surface area contributed by atoms with Crippen LogP contribution >= 0.6 is 11.6 Å². The molecule has 1 N–H and O–H groups in total. The summed E-state index contributed by atoms with van der Waals surface area (Å²) in [6, 6.07) is 13.4. The van der Waals surface area contributed by atoms with Crippen LogP contribution in [0.4, 0.5) is 0 Å². The Morgan fingerprint density at radius 2 is 1.92 bits per heavy atom. The van der Waals surface area contributed by atoms with Crippen molar-refractivity contribution in [2.75, 3.05) is 0 Å². The fourth-order valence-corrected chi connectivity index (χ4v) is 3.78. The lowest BCUT2D eigenvalue weighted by atomic mass is 9.84. The van der Waals surface area contributed by atoms with Crippen molar-refractivity contribution in [3.63, 3.8) is 0 Å². The number of carboxylic acid groups (broad SMARTS) is 1. The van der Waals surface area contributed by atoms with E-state index in [2.05, 4.69) is 13.8 Å². The minimum atomic E-state index is -1.32. The van der Waals surface area contributed by atoms with Crippen molar-refractivity contribution >= 4 is 17.6 Å². The molecule has 0 amide bonds. The Balaban J connectivity index is 1.92. The highest BCUT2D eigenvalue weighted by Crippen LogP contribution is 2.43. The average molecular weight is 359 g/mol. The van der Waals surface area contributed by atoms with Crippen molar-refractivity contribution in [2.24, 2.45) is 0 Å². The van der Waals surface area contributed by atoms with Crippen molar-refractivity contribution in [2.45, 2.75) is 51.0 Å². The van der Waals surface area contributed by atoms with Gasteiger partial charge in [-0.1, -0.05) is 43.6 Å². The second-order valence-electron chi connectivity index (χ2n) is 7.17. The number of hydrogen-bond acceptors (Lipinski definition) is 2. The van der Waals surface area contributed by atoms with Gasteiger partial charge in [0.25, 0.3) is 0 Å². The summed E-state index contributed by atoms with van der Waals surface area (Å²) in [6.07, 6.45) is 1.56. The molecule has 0 aliphatic heterocycles. The standard InChI is InChI=1S/C21H23ClO3/c1-13(2)14-4-8-17(9-5-14)25-21(3,20(23)24)19-11-6-15-12-16(22)7-10-18(15)19/h4-5,7-10,12-13,19H,6,11H2,1-3H3,(H,23,24). The maximum atomic E-state index is 12.1. The fraction of sp³-hybridized carbons (Fsp3) is 0.381. The Kier molecular flexibility index (Phi) is 4.79. The van der Waals surface area contributed by atoms with Gasteiger partial charge in [-0.05, 0) is 66.6 Å². The van der Waals surface area contributed by atoms with E-state index >= 15 is 0 Å². The minimum absolute atomic E-state index is 0.206. The number of hydrogen-bond donors (Lipinski definition) is 1. The van der Waals surface area contributed by atoms with Crippen LogP contribution in [0.2, 0.25) is 5.02 Å². The van der Waals surface area contributed by atoms with Crippen LogP contribution in [0.15, 0.2) is 42.5 Å². The number of carboxylic acids is 1. The summed E-state index contributed by atoms with van der Waals surface area (Å²) in [5.41, 5.74) is 2.01. The number of aliphatic carboxylic acids is 1. The van der Waals surface area contributed by atoms with Crippen molar-refractivity contribution in [3.8, 4) is 5.75 Å². The molecule has 2 unspecified atom stereocenters. The average Bonchev–Trinajstić information content (AvgIpc) is 2.98. The number of aryl methyl sites for hydroxylation is 1. The van der Waals surface area contributed by atoms with Crippen molar-refractivity contribution < 1.29 is 14.6 Å². The quantitative estimate of drug-likeness (QED) is 0.776. The Morgan fingerprint density at radius 1 is 1.24 bits per heavy atom. The smallest absolute Gasteiger partial charge is 0.348 e. The van der Waals surface area contributed by atoms with Crippen LogP contribution in [0.3, 0.4) is 0 Å². The van der Waals surface area contributed by atoms with E-state index in [-0.39, 0.29) is 5.92 Å². The van der Waals surface area contributed by atoms with E-state index < -0.39 is 11.6 Å². The molecule has 0 saturated carbocycles. The third-order valence-electron chi connectivity index (χ3n) is 5.15. The molecule has 0 radical (unpaired) electrons. The van der Waals surface area contributed by atoms with Gasteiger partial charge in [-0.3, -0.25) is 0 Å². The first-order valence-corrected chi connectivity index (χ1v) is 8.99. The van der Waals surface area contributed by atoms with Crippen LogP contribution in [0.25, 0.3) is 0 Å². The maximum Gasteiger partial charge on any atom is 0.348 e. The molecule has 0 saturated heterocycles. The molecule has 2 aromatic carbocycles. The molecule has 0 spiro atoms. The SMILES string of the molecule is CC(C)c1ccc(OC(C)(C(=O)O)C2CCc3cc(Cl)ccc32)cc1. The summed E-state index contributed by atoms with van der Waals surface area (Å²) in [5, 5.41) is 10.6. The Hall–Kier alpha value is -2.00. The van der Waals surface area contributed by atoms with Gasteiger partial charge in [-0.15, -0.1) is 0 Å². The van der Waals surface area contributed by atoms with Crippen LogP contribution in [0.5, 0.6) is 5.75 Å². The molecule has 0 bridgehead atoms. The number of halogens is 1. The van der Waals surface area contributed by atoms with E-state index in [9.17, 15) is 9.90 Å². The predicted molar refractivity (Wildman–Crippen MR) is 99.7 cm³/mol. The molecule has 3 nitrogen and oxygen atoms in total. The summed E-state index contributed by atoms with van der Waals surface area (Å²) in [6.45, 7) is 5.91. The molecule has 2 aromatic rings. The summed E-state index contributed by atoms with van der Waals surface area (Å²) in [4.78, 5) is 12.1. The van der Waals surface area contributed by atoms with Crippen LogP contribution in [-0.4, -0.2) is 16.7 Å². The third-order valence-corrected chi connectivity index (χ3v) is 5.38. The molecule has 25 heavy (non-hydrogen) atoms. The first kappa shape index (κ1) is 17.8. The Bertz CT molecular complexity index is 782. The lowest BCUT2D eigenvalue weighted by Crippen LogP contribution is -2.46. The zero-order chi connectivity index (χ0) is 18.2. The largest absolute Gasteiger partial charge is 0.478 e. The predicted octanol–water partition coefficient (Wildman–Crippen LogP) is 5.42. The molecular weight excluding hydrogens is 336 g/mol. The zero-order valence-corrected chi connectivity index (χ0v) is 15.5. The van der Waals surface area contributed by atoms with E-state index in [0.717, 1.165) is 24.0 Å². The van der Waals surface area contributed by atoms with Crippen LogP contribution in [0.1, 0.15) is 55.7 Å². The maximum absolute atomic E-state index is 12.1. The highest BCUT2D eigenvalue weighted by Gasteiger charge is 2.47. The van der Waals surface area contributed by atoms with Gasteiger partial charge in [-0.25, -0.2) is 4.79 Å². The van der Waals surface area contributed by atoms with Crippen LogP contribution in [-0.2, 0) is 11.2 Å². The normalized spacial score (nSPS) is 18.7. The van der Waals surface area contributed by atoms with Gasteiger partial charge in [0.2, 0.25) is 5.60 Å². The van der Waals surface area contributed by atoms with Crippen molar-refractivity contribution in [1.29, 1.82) is 0 Å². The Morgan fingerprint density at radius 3 is 2.52 bits per heavy atom. The number of carbonyl (C=O) groups is 1. The van der Waals surface area contributed by atoms with Crippen LogP contribution < -0.4 is 4.74 Å². The van der Waals surface area contributed by atoms with Gasteiger partial charge in [0.05, 0.1) is 0 Å².